The van der Waals surface area contributed by atoms with Crippen LogP contribution in [0.5, 0.6) is 23.0 Å². The number of carbonyl (C=O) groups is 1. The molecule has 0 spiro atoms. The fraction of sp³-hybridized carbons (Fsp3) is 0.265. The lowest BCUT2D eigenvalue weighted by Gasteiger charge is -2.26. The molecule has 0 saturated carbocycles. The van der Waals surface area contributed by atoms with Crippen molar-refractivity contribution in [2.45, 2.75) is 32.9 Å². The number of hydrogen-bond donors (Lipinski definition) is 0. The summed E-state index contributed by atoms with van der Waals surface area (Å²) < 4.78 is 31.1. The predicted octanol–water partition coefficient (Wildman–Crippen LogP) is 5.35. The number of esters is 1. The van der Waals surface area contributed by atoms with Crippen LogP contribution in [0.3, 0.4) is 0 Å². The molecule has 11 heteroatoms. The molecule has 1 aliphatic rings. The number of thiazole rings is 1. The summed E-state index contributed by atoms with van der Waals surface area (Å²) in [6, 6.07) is 17.7. The molecule has 3 aromatic carbocycles. The fourth-order valence-corrected chi connectivity index (χ4v) is 6.86. The quantitative estimate of drug-likeness (QED) is 0.160. The summed E-state index contributed by atoms with van der Waals surface area (Å²) in [6.07, 6.45) is 1.76. The molecule has 5 rings (SSSR count). The first-order chi connectivity index (χ1) is 21.7. The van der Waals surface area contributed by atoms with Gasteiger partial charge in [0, 0.05) is 5.56 Å². The van der Waals surface area contributed by atoms with Gasteiger partial charge in [0.2, 0.25) is 0 Å². The van der Waals surface area contributed by atoms with E-state index in [0.717, 1.165) is 14.7 Å². The lowest BCUT2D eigenvalue weighted by Crippen LogP contribution is -2.40. The number of benzene rings is 3. The summed E-state index contributed by atoms with van der Waals surface area (Å²) in [5.74, 6) is 1.63. The van der Waals surface area contributed by atoms with E-state index >= 15 is 0 Å². The average Bonchev–Trinajstić information content (AvgIpc) is 3.35. The maximum Gasteiger partial charge on any atom is 0.338 e. The number of fused-ring (bicyclic) bond motifs is 1. The molecule has 0 N–H and O–H groups in total. The number of carbonyl (C=O) groups excluding carboxylic acids is 1. The highest BCUT2D eigenvalue weighted by molar-refractivity contribution is 14.1. The third-order valence-electron chi connectivity index (χ3n) is 7.00. The number of rotatable bonds is 10. The van der Waals surface area contributed by atoms with Crippen LogP contribution in [0.2, 0.25) is 0 Å². The molecular formula is C34H33IN2O7S. The van der Waals surface area contributed by atoms with Gasteiger partial charge in [0.25, 0.3) is 5.56 Å². The van der Waals surface area contributed by atoms with Crippen molar-refractivity contribution in [1.29, 1.82) is 0 Å². The number of aromatic nitrogens is 1. The number of nitrogens with zero attached hydrogens (tertiary/aromatic N) is 2. The molecule has 1 aromatic heterocycles. The third kappa shape index (κ3) is 6.50. The molecule has 0 radical (unpaired) electrons. The summed E-state index contributed by atoms with van der Waals surface area (Å²) in [7, 11) is 4.68. The standard InChI is InChI=1S/C34H33IN2O7S/c1-7-43-33(39)28-29(21-11-9-8-10-12-21)36-34-37(30(28)22-13-14-24(40-4)25(18-22)41-5)32(38)27(45-34)17-20-15-23(35)31(44-19(2)3)26(16-20)42-6/h8-19,30H,7H2,1-6H3/b27-17-/t30-/m0/s1. The molecule has 2 heterocycles. The van der Waals surface area contributed by atoms with Crippen molar-refractivity contribution in [2.75, 3.05) is 27.9 Å². The van der Waals surface area contributed by atoms with Gasteiger partial charge in [-0.25, -0.2) is 9.79 Å². The molecule has 1 aliphatic heterocycles. The monoisotopic (exact) mass is 740 g/mol. The number of methoxy groups -OCH3 is 3. The summed E-state index contributed by atoms with van der Waals surface area (Å²) in [4.78, 5) is 33.4. The van der Waals surface area contributed by atoms with Crippen molar-refractivity contribution < 1.29 is 28.5 Å². The van der Waals surface area contributed by atoms with E-state index < -0.39 is 12.0 Å². The van der Waals surface area contributed by atoms with Crippen LogP contribution in [0.1, 0.15) is 43.5 Å². The van der Waals surface area contributed by atoms with E-state index in [4.69, 9.17) is 28.7 Å². The van der Waals surface area contributed by atoms with E-state index in [2.05, 4.69) is 22.6 Å². The highest BCUT2D eigenvalue weighted by atomic mass is 127. The number of ether oxygens (including phenoxy) is 5. The van der Waals surface area contributed by atoms with E-state index in [1.165, 1.54) is 18.4 Å². The van der Waals surface area contributed by atoms with Gasteiger partial charge in [-0.3, -0.25) is 9.36 Å². The van der Waals surface area contributed by atoms with Gasteiger partial charge in [0.05, 0.1) is 59.5 Å². The Hall–Kier alpha value is -4.10. The Bertz CT molecular complexity index is 1950. The van der Waals surface area contributed by atoms with Crippen LogP contribution in [0.4, 0.5) is 0 Å². The number of hydrogen-bond acceptors (Lipinski definition) is 9. The minimum absolute atomic E-state index is 0.0362. The van der Waals surface area contributed by atoms with Crippen molar-refractivity contribution in [3.05, 3.63) is 106 Å². The zero-order chi connectivity index (χ0) is 32.2. The van der Waals surface area contributed by atoms with E-state index in [0.29, 0.717) is 43.6 Å². The Kier molecular flexibility index (Phi) is 9.98. The summed E-state index contributed by atoms with van der Waals surface area (Å²) >= 11 is 3.45. The Morgan fingerprint density at radius 3 is 2.36 bits per heavy atom. The van der Waals surface area contributed by atoms with Crippen molar-refractivity contribution in [1.82, 2.24) is 4.57 Å². The highest BCUT2D eigenvalue weighted by Crippen LogP contribution is 2.39. The van der Waals surface area contributed by atoms with E-state index in [1.807, 2.05) is 62.4 Å². The molecule has 9 nitrogen and oxygen atoms in total. The molecule has 0 fully saturated rings. The molecule has 1 atom stereocenters. The van der Waals surface area contributed by atoms with Gasteiger partial charge < -0.3 is 23.7 Å². The van der Waals surface area contributed by atoms with Gasteiger partial charge in [0.15, 0.2) is 27.8 Å². The molecule has 0 unspecified atom stereocenters. The largest absolute Gasteiger partial charge is 0.493 e. The summed E-state index contributed by atoms with van der Waals surface area (Å²) in [5, 5.41) is 0. The van der Waals surface area contributed by atoms with Gasteiger partial charge in [0.1, 0.15) is 0 Å². The van der Waals surface area contributed by atoms with Crippen LogP contribution in [0.25, 0.3) is 11.8 Å². The highest BCUT2D eigenvalue weighted by Gasteiger charge is 2.35. The molecule has 0 saturated heterocycles. The fourth-order valence-electron chi connectivity index (χ4n) is 5.10. The van der Waals surface area contributed by atoms with Crippen molar-refractivity contribution in [3.63, 3.8) is 0 Å². The average molecular weight is 741 g/mol. The van der Waals surface area contributed by atoms with Crippen molar-refractivity contribution in [3.8, 4) is 23.0 Å². The molecule has 0 bridgehead atoms. The zero-order valence-electron chi connectivity index (χ0n) is 25.8. The normalized spacial score (nSPS) is 14.6. The van der Waals surface area contributed by atoms with Crippen LogP contribution < -0.4 is 33.8 Å². The van der Waals surface area contributed by atoms with E-state index in [9.17, 15) is 9.59 Å². The van der Waals surface area contributed by atoms with Crippen LogP contribution >= 0.6 is 33.9 Å². The first-order valence-electron chi connectivity index (χ1n) is 14.2. The Balaban J connectivity index is 1.80. The minimum Gasteiger partial charge on any atom is -0.493 e. The second-order valence-corrected chi connectivity index (χ2v) is 12.4. The van der Waals surface area contributed by atoms with Crippen LogP contribution in [-0.2, 0) is 9.53 Å². The van der Waals surface area contributed by atoms with Crippen molar-refractivity contribution >= 4 is 51.7 Å². The smallest absolute Gasteiger partial charge is 0.338 e. The van der Waals surface area contributed by atoms with Gasteiger partial charge in [-0.05, 0) is 84.8 Å². The second-order valence-electron chi connectivity index (χ2n) is 10.2. The number of halogens is 1. The second kappa shape index (κ2) is 13.9. The van der Waals surface area contributed by atoms with Gasteiger partial charge in [-0.2, -0.15) is 0 Å². The topological polar surface area (TPSA) is 97.6 Å². The first kappa shape index (κ1) is 32.3. The zero-order valence-corrected chi connectivity index (χ0v) is 28.7. The lowest BCUT2D eigenvalue weighted by molar-refractivity contribution is -0.138. The molecule has 45 heavy (non-hydrogen) atoms. The molecule has 4 aromatic rings. The van der Waals surface area contributed by atoms with Crippen LogP contribution in [-0.4, -0.2) is 44.6 Å². The molecule has 0 aliphatic carbocycles. The van der Waals surface area contributed by atoms with Crippen LogP contribution in [0.15, 0.2) is 76.0 Å². The summed E-state index contributed by atoms with van der Waals surface area (Å²) in [6.45, 7) is 5.80. The van der Waals surface area contributed by atoms with E-state index in [-0.39, 0.29) is 23.8 Å². The minimum atomic E-state index is -0.853. The van der Waals surface area contributed by atoms with Crippen LogP contribution in [0, 0.1) is 3.57 Å². The Labute approximate surface area is 278 Å². The van der Waals surface area contributed by atoms with Gasteiger partial charge in [-0.1, -0.05) is 47.7 Å². The molecular weight excluding hydrogens is 707 g/mol. The van der Waals surface area contributed by atoms with Crippen molar-refractivity contribution in [2.24, 2.45) is 4.99 Å². The SMILES string of the molecule is CCOC(=O)C1=C(c2ccccc2)N=c2s/c(=C\c3cc(I)c(OC(C)C)c(OC)c3)c(=O)n2[C@H]1c1ccc(OC)c(OC)c1. The molecule has 234 valence electrons. The Morgan fingerprint density at radius 1 is 1.00 bits per heavy atom. The first-order valence-corrected chi connectivity index (χ1v) is 16.1. The third-order valence-corrected chi connectivity index (χ3v) is 8.78. The molecule has 0 amide bonds. The lowest BCUT2D eigenvalue weighted by atomic mass is 9.93. The maximum absolute atomic E-state index is 14.3. The summed E-state index contributed by atoms with van der Waals surface area (Å²) in [5.41, 5.74) is 2.51. The Morgan fingerprint density at radius 2 is 1.71 bits per heavy atom. The van der Waals surface area contributed by atoms with Gasteiger partial charge >= 0.3 is 5.97 Å². The maximum atomic E-state index is 14.3. The predicted molar refractivity (Wildman–Crippen MR) is 182 cm³/mol. The van der Waals surface area contributed by atoms with Gasteiger partial charge in [-0.15, -0.1) is 0 Å². The van der Waals surface area contributed by atoms with E-state index in [1.54, 1.807) is 43.9 Å².